The molecule has 0 unspecified atom stereocenters. The van der Waals surface area contributed by atoms with Crippen LogP contribution in [-0.2, 0) is 75.9 Å². The summed E-state index contributed by atoms with van der Waals surface area (Å²) >= 11 is 0. The molecule has 0 aromatic rings. The number of nitrogens with one attached hydrogen (secondary N) is 1. The van der Waals surface area contributed by atoms with Crippen molar-refractivity contribution in [2.24, 2.45) is 0 Å². The molecule has 0 aliphatic rings. The maximum atomic E-state index is 11.4. The quantitative estimate of drug-likeness (QED) is 0.0828. The van der Waals surface area contributed by atoms with E-state index in [1.165, 1.54) is 19.3 Å². The van der Waals surface area contributed by atoms with Crippen LogP contribution in [0.15, 0.2) is 0 Å². The van der Waals surface area contributed by atoms with Gasteiger partial charge in [-0.1, -0.05) is 26.2 Å². The molecule has 2 N–H and O–H groups in total. The molecule has 0 atom stereocenters. The van der Waals surface area contributed by atoms with Crippen molar-refractivity contribution in [3.05, 3.63) is 0 Å². The third-order valence-electron chi connectivity index (χ3n) is 6.63. The summed E-state index contributed by atoms with van der Waals surface area (Å²) in [5, 5.41) is 11.0. The van der Waals surface area contributed by atoms with Crippen LogP contribution in [0.25, 0.3) is 0 Å². The minimum Gasteiger partial charge on any atom is -0.480 e. The molecule has 0 fully saturated rings. The van der Waals surface area contributed by atoms with Gasteiger partial charge in [-0.3, -0.25) is 4.79 Å². The summed E-state index contributed by atoms with van der Waals surface area (Å²) in [4.78, 5) is 21.7. The van der Waals surface area contributed by atoms with Crippen molar-refractivity contribution in [2.75, 3.05) is 192 Å². The zero-order valence-corrected chi connectivity index (χ0v) is 32.8. The van der Waals surface area contributed by atoms with Gasteiger partial charge in [-0.25, -0.2) is 4.79 Å². The number of carbonyl (C=O) groups is 2. The largest absolute Gasteiger partial charge is 0.480 e. The van der Waals surface area contributed by atoms with E-state index in [1.54, 1.807) is 0 Å². The van der Waals surface area contributed by atoms with Gasteiger partial charge in [0.05, 0.1) is 165 Å². The molecule has 0 bridgehead atoms. The van der Waals surface area contributed by atoms with Crippen LogP contribution in [-0.4, -0.2) is 209 Å². The first-order valence-electron chi connectivity index (χ1n) is 19.2. The molecule has 18 heteroatoms. The Labute approximate surface area is 322 Å². The molecule has 54 heavy (non-hydrogen) atoms. The number of hydrogen-bond acceptors (Lipinski definition) is 16. The Kier molecular flexibility index (Phi) is 46.1. The van der Waals surface area contributed by atoms with Gasteiger partial charge in [-0.05, 0) is 6.42 Å². The first-order valence-corrected chi connectivity index (χ1v) is 19.2. The lowest BCUT2D eigenvalue weighted by molar-refractivity contribution is -0.143. The third kappa shape index (κ3) is 48.4. The molecule has 0 aliphatic carbocycles. The normalized spacial score (nSPS) is 11.4. The highest BCUT2D eigenvalue weighted by atomic mass is 16.6. The second-order valence-electron chi connectivity index (χ2n) is 11.3. The number of unbranched alkanes of at least 4 members (excludes halogenated alkanes) is 3. The summed E-state index contributed by atoms with van der Waals surface area (Å²) in [5.41, 5.74) is 0. The first kappa shape index (κ1) is 52.4. The molecule has 322 valence electrons. The molecule has 0 aromatic carbocycles. The van der Waals surface area contributed by atoms with Crippen molar-refractivity contribution < 1.29 is 81.0 Å². The Hall–Kier alpha value is -1.62. The van der Waals surface area contributed by atoms with Gasteiger partial charge < -0.3 is 76.7 Å². The van der Waals surface area contributed by atoms with Crippen LogP contribution in [0.4, 0.5) is 0 Å². The Morgan fingerprint density at radius 1 is 0.352 bits per heavy atom. The topological polar surface area (TPSA) is 196 Å². The summed E-state index contributed by atoms with van der Waals surface area (Å²) < 4.78 is 75.7. The third-order valence-corrected chi connectivity index (χ3v) is 6.63. The van der Waals surface area contributed by atoms with Crippen molar-refractivity contribution in [3.63, 3.8) is 0 Å². The van der Waals surface area contributed by atoms with Crippen LogP contribution >= 0.6 is 0 Å². The average molecular weight is 790 g/mol. The van der Waals surface area contributed by atoms with Crippen LogP contribution in [0, 0.1) is 0 Å². The van der Waals surface area contributed by atoms with Crippen LogP contribution in [0.2, 0.25) is 0 Å². The van der Waals surface area contributed by atoms with Gasteiger partial charge in [0.25, 0.3) is 0 Å². The summed E-state index contributed by atoms with van der Waals surface area (Å²) in [6.45, 7) is 14.7. The van der Waals surface area contributed by atoms with E-state index in [2.05, 4.69) is 17.0 Å². The molecule has 0 heterocycles. The maximum Gasteiger partial charge on any atom is 0.329 e. The number of rotatable bonds is 48. The van der Waals surface area contributed by atoms with Gasteiger partial charge in [-0.2, -0.15) is 0 Å². The predicted molar refractivity (Wildman–Crippen MR) is 196 cm³/mol. The molecule has 0 saturated carbocycles. The van der Waals surface area contributed by atoms with Gasteiger partial charge in [-0.15, -0.1) is 0 Å². The van der Waals surface area contributed by atoms with E-state index in [0.29, 0.717) is 172 Å². The molecule has 0 aromatic heterocycles. The van der Waals surface area contributed by atoms with E-state index in [-0.39, 0.29) is 6.61 Å². The minimum atomic E-state index is -1.12. The number of hydrogen-bond donors (Lipinski definition) is 2. The van der Waals surface area contributed by atoms with Crippen molar-refractivity contribution in [2.45, 2.75) is 32.6 Å². The fraction of sp³-hybridized carbons (Fsp3) is 0.944. The number of amides is 1. The van der Waals surface area contributed by atoms with E-state index < -0.39 is 18.5 Å². The summed E-state index contributed by atoms with van der Waals surface area (Å²) in [6.07, 6.45) is 4.87. The number of carboxylic acids is 1. The highest BCUT2D eigenvalue weighted by molar-refractivity contribution is 5.77. The zero-order chi connectivity index (χ0) is 39.1. The van der Waals surface area contributed by atoms with E-state index >= 15 is 0 Å². The molecule has 18 nitrogen and oxygen atoms in total. The zero-order valence-electron chi connectivity index (χ0n) is 32.8. The molecular weight excluding hydrogens is 718 g/mol. The highest BCUT2D eigenvalue weighted by Crippen LogP contribution is 1.98. The molecule has 0 aliphatic heterocycles. The molecule has 0 rings (SSSR count). The lowest BCUT2D eigenvalue weighted by atomic mass is 10.2. The predicted octanol–water partition coefficient (Wildman–Crippen LogP) is 1.000. The van der Waals surface area contributed by atoms with Gasteiger partial charge in [0.15, 0.2) is 0 Å². The van der Waals surface area contributed by atoms with Crippen LogP contribution in [0.5, 0.6) is 0 Å². The molecule has 0 radical (unpaired) electrons. The SMILES string of the molecule is CCCCCCOCCOCCOCCOCCOCCOCCOCCOCCOCCOCCOCCOCCOCCNC(=O)COCC(=O)O. The summed E-state index contributed by atoms with van der Waals surface area (Å²) in [7, 11) is 0. The van der Waals surface area contributed by atoms with E-state index in [4.69, 9.17) is 66.7 Å². The second kappa shape index (κ2) is 47.5. The van der Waals surface area contributed by atoms with E-state index in [1.807, 2.05) is 0 Å². The van der Waals surface area contributed by atoms with Crippen LogP contribution in [0.1, 0.15) is 32.6 Å². The highest BCUT2D eigenvalue weighted by Gasteiger charge is 2.03. The molecule has 0 spiro atoms. The fourth-order valence-corrected chi connectivity index (χ4v) is 3.92. The Morgan fingerprint density at radius 3 is 0.907 bits per heavy atom. The number of ether oxygens (including phenoxy) is 14. The number of carbonyl (C=O) groups excluding carboxylic acids is 1. The Balaban J connectivity index is 3.09. The number of carboxylic acid groups (broad SMARTS) is 1. The summed E-state index contributed by atoms with van der Waals surface area (Å²) in [5.74, 6) is -1.52. The monoisotopic (exact) mass is 789 g/mol. The summed E-state index contributed by atoms with van der Waals surface area (Å²) in [6, 6.07) is 0. The Bertz CT molecular complexity index is 756. The van der Waals surface area contributed by atoms with Crippen molar-refractivity contribution in [1.82, 2.24) is 5.32 Å². The number of aliphatic carboxylic acids is 1. The molecule has 0 saturated heterocycles. The van der Waals surface area contributed by atoms with Crippen molar-refractivity contribution in [1.29, 1.82) is 0 Å². The van der Waals surface area contributed by atoms with Crippen LogP contribution < -0.4 is 5.32 Å². The van der Waals surface area contributed by atoms with E-state index in [0.717, 1.165) is 13.0 Å². The Morgan fingerprint density at radius 2 is 0.630 bits per heavy atom. The van der Waals surface area contributed by atoms with E-state index in [9.17, 15) is 9.59 Å². The van der Waals surface area contributed by atoms with Gasteiger partial charge in [0.1, 0.15) is 13.2 Å². The van der Waals surface area contributed by atoms with Crippen LogP contribution in [0.3, 0.4) is 0 Å². The minimum absolute atomic E-state index is 0.299. The smallest absolute Gasteiger partial charge is 0.329 e. The maximum absolute atomic E-state index is 11.4. The lowest BCUT2D eigenvalue weighted by Gasteiger charge is -2.09. The van der Waals surface area contributed by atoms with Gasteiger partial charge in [0.2, 0.25) is 5.91 Å². The fourth-order valence-electron chi connectivity index (χ4n) is 3.92. The van der Waals surface area contributed by atoms with Crippen molar-refractivity contribution in [3.8, 4) is 0 Å². The molecule has 1 amide bonds. The standard InChI is InChI=1S/C36H71NO17/c1-2-3-4-5-7-41-9-11-43-13-15-45-17-19-47-21-23-49-25-27-51-29-31-53-32-30-52-28-26-50-24-22-48-20-18-46-16-14-44-12-10-42-8-6-37-35(38)33-54-34-36(39)40/h2-34H2,1H3,(H,37,38)(H,39,40). The van der Waals surface area contributed by atoms with Gasteiger partial charge >= 0.3 is 5.97 Å². The average Bonchev–Trinajstić information content (AvgIpc) is 3.16. The molecular formula is C36H71NO17. The lowest BCUT2D eigenvalue weighted by Crippen LogP contribution is -2.31. The second-order valence-corrected chi connectivity index (χ2v) is 11.3. The van der Waals surface area contributed by atoms with Crippen molar-refractivity contribution >= 4 is 11.9 Å². The first-order chi connectivity index (χ1) is 26.7. The van der Waals surface area contributed by atoms with Gasteiger partial charge in [0, 0.05) is 13.2 Å².